The number of nitrogens with zero attached hydrogens (tertiary/aromatic N) is 2. The minimum absolute atomic E-state index is 1.05. The van der Waals surface area contributed by atoms with Crippen molar-refractivity contribution in [3.05, 3.63) is 194 Å². The second kappa shape index (κ2) is 12.6. The van der Waals surface area contributed by atoms with Crippen LogP contribution in [-0.2, 0) is 0 Å². The molecule has 10 aromatic rings. The molecule has 1 aromatic heterocycles. The van der Waals surface area contributed by atoms with Gasteiger partial charge >= 0.3 is 0 Å². The summed E-state index contributed by atoms with van der Waals surface area (Å²) in [7, 11) is 0. The van der Waals surface area contributed by atoms with Gasteiger partial charge in [-0.25, -0.2) is 4.98 Å². The van der Waals surface area contributed by atoms with Crippen molar-refractivity contribution in [2.24, 2.45) is 0 Å². The van der Waals surface area contributed by atoms with Gasteiger partial charge in [-0.05, 0) is 86.3 Å². The van der Waals surface area contributed by atoms with E-state index in [1.54, 1.807) is 11.3 Å². The summed E-state index contributed by atoms with van der Waals surface area (Å²) in [5.41, 5.74) is 10.4. The van der Waals surface area contributed by atoms with E-state index in [-0.39, 0.29) is 0 Å². The Bertz CT molecular complexity index is 2870. The Morgan fingerprint density at radius 1 is 0.365 bits per heavy atom. The number of aromatic nitrogens is 1. The molecule has 0 N–H and O–H groups in total. The Morgan fingerprint density at radius 3 is 1.67 bits per heavy atom. The van der Waals surface area contributed by atoms with Gasteiger partial charge in [0.1, 0.15) is 5.01 Å². The molecule has 0 aliphatic rings. The van der Waals surface area contributed by atoms with Crippen LogP contribution in [0.3, 0.4) is 0 Å². The average molecular weight is 681 g/mol. The van der Waals surface area contributed by atoms with E-state index < -0.39 is 0 Å². The van der Waals surface area contributed by atoms with Crippen LogP contribution in [0.5, 0.6) is 0 Å². The third-order valence-electron chi connectivity index (χ3n) is 10.1. The average Bonchev–Trinajstić information content (AvgIpc) is 3.68. The zero-order valence-electron chi connectivity index (χ0n) is 28.3. The summed E-state index contributed by atoms with van der Waals surface area (Å²) < 4.78 is 1.23. The number of benzene rings is 9. The van der Waals surface area contributed by atoms with E-state index in [9.17, 15) is 0 Å². The van der Waals surface area contributed by atoms with Gasteiger partial charge < -0.3 is 4.90 Å². The van der Waals surface area contributed by atoms with Crippen LogP contribution >= 0.6 is 11.3 Å². The lowest BCUT2D eigenvalue weighted by Crippen LogP contribution is -2.09. The van der Waals surface area contributed by atoms with Crippen LogP contribution in [-0.4, -0.2) is 4.98 Å². The van der Waals surface area contributed by atoms with Crippen molar-refractivity contribution in [1.82, 2.24) is 4.98 Å². The summed E-state index contributed by atoms with van der Waals surface area (Å²) in [5.74, 6) is 0. The number of para-hydroxylation sites is 1. The van der Waals surface area contributed by atoms with Gasteiger partial charge in [-0.3, -0.25) is 0 Å². The van der Waals surface area contributed by atoms with Crippen LogP contribution < -0.4 is 4.90 Å². The van der Waals surface area contributed by atoms with Gasteiger partial charge in [-0.2, -0.15) is 0 Å². The monoisotopic (exact) mass is 680 g/mol. The molecule has 244 valence electrons. The third kappa shape index (κ3) is 5.22. The Labute approximate surface area is 306 Å². The Morgan fingerprint density at radius 2 is 0.923 bits per heavy atom. The minimum atomic E-state index is 1.05. The fraction of sp³-hybridized carbons (Fsp3) is 0. The SMILES string of the molecule is c1ccc(-c2nc3c4ccccc4c4ccc(-c5ccc(N(c6ccccc6)c6ccc(-c7cccc8ccccc78)cc6)cc5)cc4c3s2)cc1. The fourth-order valence-corrected chi connectivity index (χ4v) is 8.67. The molecule has 0 amide bonds. The summed E-state index contributed by atoms with van der Waals surface area (Å²) in [5, 5.41) is 8.51. The van der Waals surface area contributed by atoms with Gasteiger partial charge in [0.25, 0.3) is 0 Å². The molecule has 0 aliphatic carbocycles. The first-order valence-electron chi connectivity index (χ1n) is 17.6. The van der Waals surface area contributed by atoms with E-state index in [1.165, 1.54) is 59.3 Å². The highest BCUT2D eigenvalue weighted by molar-refractivity contribution is 7.22. The number of hydrogen-bond donors (Lipinski definition) is 0. The molecule has 0 atom stereocenters. The smallest absolute Gasteiger partial charge is 0.124 e. The van der Waals surface area contributed by atoms with E-state index in [1.807, 2.05) is 0 Å². The Hall–Kier alpha value is -6.55. The zero-order chi connectivity index (χ0) is 34.4. The quantitative estimate of drug-likeness (QED) is 0.163. The largest absolute Gasteiger partial charge is 0.311 e. The molecule has 9 aromatic carbocycles. The van der Waals surface area contributed by atoms with E-state index in [4.69, 9.17) is 4.98 Å². The topological polar surface area (TPSA) is 16.1 Å². The molecule has 3 heteroatoms. The molecule has 0 saturated heterocycles. The highest BCUT2D eigenvalue weighted by Gasteiger charge is 2.17. The molecule has 0 saturated carbocycles. The zero-order valence-corrected chi connectivity index (χ0v) is 29.1. The van der Waals surface area contributed by atoms with Gasteiger partial charge in [0.15, 0.2) is 0 Å². The third-order valence-corrected chi connectivity index (χ3v) is 11.2. The highest BCUT2D eigenvalue weighted by atomic mass is 32.1. The molecule has 2 nitrogen and oxygen atoms in total. The van der Waals surface area contributed by atoms with Crippen LogP contribution in [0, 0.1) is 0 Å². The summed E-state index contributed by atoms with van der Waals surface area (Å²) in [6, 6.07) is 69.7. The van der Waals surface area contributed by atoms with Crippen molar-refractivity contribution < 1.29 is 0 Å². The van der Waals surface area contributed by atoms with Gasteiger partial charge in [0, 0.05) is 33.4 Å². The molecule has 0 aliphatic heterocycles. The van der Waals surface area contributed by atoms with Crippen LogP contribution in [0.1, 0.15) is 0 Å². The van der Waals surface area contributed by atoms with Crippen molar-refractivity contribution in [2.75, 3.05) is 4.90 Å². The molecule has 1 heterocycles. The normalized spacial score (nSPS) is 11.5. The molecule has 0 bridgehead atoms. The molecule has 0 radical (unpaired) electrons. The molecule has 10 rings (SSSR count). The number of thiazole rings is 1. The van der Waals surface area contributed by atoms with Crippen molar-refractivity contribution >= 4 is 70.9 Å². The lowest BCUT2D eigenvalue weighted by molar-refractivity contribution is 1.28. The summed E-state index contributed by atoms with van der Waals surface area (Å²) in [6.45, 7) is 0. The maximum absolute atomic E-state index is 5.20. The van der Waals surface area contributed by atoms with Crippen molar-refractivity contribution in [2.45, 2.75) is 0 Å². The molecular weight excluding hydrogens is 649 g/mol. The van der Waals surface area contributed by atoms with Crippen molar-refractivity contribution in [1.29, 1.82) is 0 Å². The predicted molar refractivity (Wildman–Crippen MR) is 223 cm³/mol. The van der Waals surface area contributed by atoms with E-state index >= 15 is 0 Å². The first-order valence-corrected chi connectivity index (χ1v) is 18.4. The fourth-order valence-electron chi connectivity index (χ4n) is 7.55. The second-order valence-corrected chi connectivity index (χ2v) is 14.2. The molecule has 0 spiro atoms. The maximum atomic E-state index is 5.20. The van der Waals surface area contributed by atoms with Crippen molar-refractivity contribution in [3.63, 3.8) is 0 Å². The van der Waals surface area contributed by atoms with Gasteiger partial charge in [-0.15, -0.1) is 11.3 Å². The lowest BCUT2D eigenvalue weighted by atomic mass is 9.96. The first-order chi connectivity index (χ1) is 25.8. The van der Waals surface area contributed by atoms with Crippen LogP contribution in [0.25, 0.3) is 75.4 Å². The van der Waals surface area contributed by atoms with Gasteiger partial charge in [-0.1, -0.05) is 152 Å². The first kappa shape index (κ1) is 30.3. The second-order valence-electron chi connectivity index (χ2n) is 13.2. The highest BCUT2D eigenvalue weighted by Crippen LogP contribution is 2.43. The van der Waals surface area contributed by atoms with Gasteiger partial charge in [0.05, 0.1) is 10.2 Å². The lowest BCUT2D eigenvalue weighted by Gasteiger charge is -2.26. The Kier molecular flexibility index (Phi) is 7.37. The number of anilines is 3. The molecule has 52 heavy (non-hydrogen) atoms. The van der Waals surface area contributed by atoms with E-state index in [0.717, 1.165) is 33.1 Å². The standard InChI is InChI=1S/C49H32N2S/c1-3-13-36(14-4-1)49-50-47-45-20-10-9-19-43(45)44-31-26-37(32-46(44)48(47)52-49)33-22-27-39(28-23-33)51(38-16-5-2-6-17-38)40-29-24-35(25-30-40)42-21-11-15-34-12-7-8-18-41(34)42/h1-32H. The minimum Gasteiger partial charge on any atom is -0.311 e. The summed E-state index contributed by atoms with van der Waals surface area (Å²) in [6.07, 6.45) is 0. The molecule has 0 unspecified atom stereocenters. The predicted octanol–water partition coefficient (Wildman–Crippen LogP) is 14.2. The Balaban J connectivity index is 1.05. The van der Waals surface area contributed by atoms with Crippen molar-refractivity contribution in [3.8, 4) is 32.8 Å². The molecular formula is C49H32N2S. The summed E-state index contributed by atoms with van der Waals surface area (Å²) >= 11 is 1.78. The van der Waals surface area contributed by atoms with Gasteiger partial charge in [0.2, 0.25) is 0 Å². The van der Waals surface area contributed by atoms with E-state index in [2.05, 4.69) is 199 Å². The number of hydrogen-bond acceptors (Lipinski definition) is 3. The number of fused-ring (bicyclic) bond motifs is 7. The number of rotatable bonds is 6. The maximum Gasteiger partial charge on any atom is 0.124 e. The van der Waals surface area contributed by atoms with Crippen LogP contribution in [0.4, 0.5) is 17.1 Å². The summed E-state index contributed by atoms with van der Waals surface area (Å²) in [4.78, 5) is 7.53. The van der Waals surface area contributed by atoms with Crippen LogP contribution in [0.2, 0.25) is 0 Å². The molecule has 0 fully saturated rings. The van der Waals surface area contributed by atoms with E-state index in [0.29, 0.717) is 0 Å². The van der Waals surface area contributed by atoms with Crippen LogP contribution in [0.15, 0.2) is 194 Å².